The highest BCUT2D eigenvalue weighted by Crippen LogP contribution is 2.38. The van der Waals surface area contributed by atoms with Gasteiger partial charge in [-0.15, -0.1) is 0 Å². The van der Waals surface area contributed by atoms with Crippen LogP contribution in [0.2, 0.25) is 0 Å². The summed E-state index contributed by atoms with van der Waals surface area (Å²) in [4.78, 5) is 2.23. The fraction of sp³-hybridized carbons (Fsp3) is 0.667. The van der Waals surface area contributed by atoms with Crippen LogP contribution < -0.4 is 5.32 Å². The van der Waals surface area contributed by atoms with E-state index in [4.69, 9.17) is 4.74 Å². The van der Waals surface area contributed by atoms with Crippen LogP contribution in [0.4, 0.5) is 0 Å². The van der Waals surface area contributed by atoms with Gasteiger partial charge >= 0.3 is 0 Å². The Bertz CT molecular complexity index is 425. The lowest BCUT2D eigenvalue weighted by atomic mass is 9.73. The van der Waals surface area contributed by atoms with Crippen molar-refractivity contribution in [3.8, 4) is 0 Å². The number of nitrogens with one attached hydrogen (secondary N) is 1. The Morgan fingerprint density at radius 1 is 1.41 bits per heavy atom. The molecular formula is C18H32N2O2. The molecule has 1 aliphatic heterocycles. The molecule has 2 N–H and O–H groups in total. The van der Waals surface area contributed by atoms with Crippen molar-refractivity contribution in [2.45, 2.75) is 46.6 Å². The molecule has 1 aliphatic rings. The van der Waals surface area contributed by atoms with Crippen molar-refractivity contribution in [2.24, 2.45) is 5.41 Å². The smallest absolute Gasteiger partial charge is 0.0642 e. The highest BCUT2D eigenvalue weighted by molar-refractivity contribution is 5.35. The number of aliphatic hydroxyl groups is 1. The van der Waals surface area contributed by atoms with E-state index in [1.807, 2.05) is 6.92 Å². The third-order valence-corrected chi connectivity index (χ3v) is 5.02. The van der Waals surface area contributed by atoms with Crippen LogP contribution in [-0.2, 0) is 4.74 Å². The Balaban J connectivity index is 3.18. The van der Waals surface area contributed by atoms with Crippen LogP contribution >= 0.6 is 0 Å². The van der Waals surface area contributed by atoms with Gasteiger partial charge in [-0.05, 0) is 31.5 Å². The van der Waals surface area contributed by atoms with Crippen molar-refractivity contribution in [1.82, 2.24) is 10.2 Å². The number of hydrogen-bond acceptors (Lipinski definition) is 4. The molecule has 0 saturated carbocycles. The van der Waals surface area contributed by atoms with Crippen LogP contribution in [0.3, 0.4) is 0 Å². The molecule has 2 atom stereocenters. The molecule has 0 amide bonds. The van der Waals surface area contributed by atoms with E-state index in [1.54, 1.807) is 6.20 Å². The predicted molar refractivity (Wildman–Crippen MR) is 92.3 cm³/mol. The highest BCUT2D eigenvalue weighted by atomic mass is 16.5. The Hall–Kier alpha value is -1.26. The van der Waals surface area contributed by atoms with Crippen LogP contribution in [0.15, 0.2) is 36.3 Å². The number of ether oxygens (including phenoxy) is 1. The van der Waals surface area contributed by atoms with Crippen LogP contribution in [0, 0.1) is 5.41 Å². The summed E-state index contributed by atoms with van der Waals surface area (Å²) in [7, 11) is 0. The van der Waals surface area contributed by atoms with Crippen molar-refractivity contribution >= 4 is 0 Å². The second-order valence-corrected chi connectivity index (χ2v) is 6.09. The third kappa shape index (κ3) is 3.93. The molecule has 0 bridgehead atoms. The summed E-state index contributed by atoms with van der Waals surface area (Å²) >= 11 is 0. The molecule has 0 aromatic rings. The standard InChI is InChI=1S/C18H32N2O2/c1-7-16(21)18(6,8-2)14(4)17(19-9-3)15(5)20-10-12-22-13-11-20/h9,16,19,21H,3,5,7-8,10-13H2,1-2,4,6H3/b17-14-/t16?,18-/m1/s1. The van der Waals surface area contributed by atoms with Gasteiger partial charge in [0, 0.05) is 18.5 Å². The first-order valence-corrected chi connectivity index (χ1v) is 8.21. The van der Waals surface area contributed by atoms with E-state index in [0.717, 1.165) is 56.1 Å². The van der Waals surface area contributed by atoms with Gasteiger partial charge in [-0.25, -0.2) is 0 Å². The molecule has 0 aromatic heterocycles. The fourth-order valence-electron chi connectivity index (χ4n) is 2.99. The number of rotatable bonds is 8. The van der Waals surface area contributed by atoms with E-state index < -0.39 is 0 Å². The van der Waals surface area contributed by atoms with Gasteiger partial charge in [0.25, 0.3) is 0 Å². The molecule has 0 radical (unpaired) electrons. The number of aliphatic hydroxyl groups excluding tert-OH is 1. The molecule has 4 nitrogen and oxygen atoms in total. The molecule has 0 aromatic carbocycles. The van der Waals surface area contributed by atoms with Crippen LogP contribution in [0.25, 0.3) is 0 Å². The molecule has 1 saturated heterocycles. The maximum Gasteiger partial charge on any atom is 0.0642 e. The number of morpholine rings is 1. The Morgan fingerprint density at radius 2 is 2.00 bits per heavy atom. The lowest BCUT2D eigenvalue weighted by molar-refractivity contribution is 0.0506. The first-order chi connectivity index (χ1) is 10.4. The normalized spacial score (nSPS) is 20.7. The molecule has 126 valence electrons. The van der Waals surface area contributed by atoms with Crippen LogP contribution in [-0.4, -0.2) is 42.4 Å². The molecule has 4 heteroatoms. The Labute approximate surface area is 135 Å². The lowest BCUT2D eigenvalue weighted by Gasteiger charge is -2.38. The molecule has 22 heavy (non-hydrogen) atoms. The number of hydrogen-bond donors (Lipinski definition) is 2. The van der Waals surface area contributed by atoms with E-state index in [1.165, 1.54) is 0 Å². The minimum absolute atomic E-state index is 0.282. The van der Waals surface area contributed by atoms with Gasteiger partial charge in [0.05, 0.1) is 30.7 Å². The predicted octanol–water partition coefficient (Wildman–Crippen LogP) is 3.03. The summed E-state index contributed by atoms with van der Waals surface area (Å²) in [6.07, 6.45) is 2.90. The van der Waals surface area contributed by atoms with Crippen LogP contribution in [0.1, 0.15) is 40.5 Å². The van der Waals surface area contributed by atoms with Gasteiger partial charge < -0.3 is 20.1 Å². The topological polar surface area (TPSA) is 44.7 Å². The molecule has 1 unspecified atom stereocenters. The highest BCUT2D eigenvalue weighted by Gasteiger charge is 2.34. The van der Waals surface area contributed by atoms with E-state index in [0.29, 0.717) is 0 Å². The first kappa shape index (κ1) is 18.8. The van der Waals surface area contributed by atoms with Gasteiger partial charge in [-0.2, -0.15) is 0 Å². The van der Waals surface area contributed by atoms with E-state index >= 15 is 0 Å². The second-order valence-electron chi connectivity index (χ2n) is 6.09. The summed E-state index contributed by atoms with van der Waals surface area (Å²) < 4.78 is 5.41. The van der Waals surface area contributed by atoms with Crippen molar-refractivity contribution < 1.29 is 9.84 Å². The van der Waals surface area contributed by atoms with Gasteiger partial charge in [0.1, 0.15) is 0 Å². The minimum atomic E-state index is -0.378. The lowest BCUT2D eigenvalue weighted by Crippen LogP contribution is -2.39. The maximum atomic E-state index is 10.5. The van der Waals surface area contributed by atoms with Crippen LogP contribution in [0.5, 0.6) is 0 Å². The Kier molecular flexibility index (Phi) is 7.17. The maximum absolute atomic E-state index is 10.5. The van der Waals surface area contributed by atoms with Gasteiger partial charge in [-0.3, -0.25) is 0 Å². The minimum Gasteiger partial charge on any atom is -0.392 e. The van der Waals surface area contributed by atoms with Gasteiger partial charge in [-0.1, -0.05) is 33.9 Å². The molecule has 0 aliphatic carbocycles. The van der Waals surface area contributed by atoms with E-state index in [9.17, 15) is 5.11 Å². The first-order valence-electron chi connectivity index (χ1n) is 8.21. The summed E-state index contributed by atoms with van der Waals surface area (Å²) in [6, 6.07) is 0. The molecule has 0 spiro atoms. The van der Waals surface area contributed by atoms with Crippen molar-refractivity contribution in [3.05, 3.63) is 36.3 Å². The van der Waals surface area contributed by atoms with E-state index in [2.05, 4.69) is 44.1 Å². The summed E-state index contributed by atoms with van der Waals surface area (Å²) in [5, 5.41) is 13.8. The summed E-state index contributed by atoms with van der Waals surface area (Å²) in [5.74, 6) is 0. The average molecular weight is 308 g/mol. The molecule has 1 rings (SSSR count). The SMILES string of the molecule is C=CN/C(C(=C)N1CCOCC1)=C(/C)[C@@](C)(CC)C(O)CC. The number of nitrogens with zero attached hydrogens (tertiary/aromatic N) is 1. The van der Waals surface area contributed by atoms with Crippen molar-refractivity contribution in [1.29, 1.82) is 0 Å². The zero-order valence-corrected chi connectivity index (χ0v) is 14.6. The average Bonchev–Trinajstić information content (AvgIpc) is 2.57. The van der Waals surface area contributed by atoms with Gasteiger partial charge in [0.15, 0.2) is 0 Å². The second kappa shape index (κ2) is 8.39. The molecule has 1 fully saturated rings. The van der Waals surface area contributed by atoms with E-state index in [-0.39, 0.29) is 11.5 Å². The Morgan fingerprint density at radius 3 is 2.45 bits per heavy atom. The fourth-order valence-corrected chi connectivity index (χ4v) is 2.99. The van der Waals surface area contributed by atoms with Crippen molar-refractivity contribution in [2.75, 3.05) is 26.3 Å². The zero-order chi connectivity index (χ0) is 16.8. The summed E-state index contributed by atoms with van der Waals surface area (Å²) in [6.45, 7) is 19.5. The molecular weight excluding hydrogens is 276 g/mol. The third-order valence-electron chi connectivity index (χ3n) is 5.02. The van der Waals surface area contributed by atoms with Crippen molar-refractivity contribution in [3.63, 3.8) is 0 Å². The summed E-state index contributed by atoms with van der Waals surface area (Å²) in [5.41, 5.74) is 2.76. The monoisotopic (exact) mass is 308 g/mol. The molecule has 1 heterocycles. The largest absolute Gasteiger partial charge is 0.392 e. The zero-order valence-electron chi connectivity index (χ0n) is 14.6. The van der Waals surface area contributed by atoms with Gasteiger partial charge in [0.2, 0.25) is 0 Å². The quantitative estimate of drug-likeness (QED) is 0.677.